The molecule has 5 heteroatoms. The van der Waals surface area contributed by atoms with Crippen LogP contribution in [-0.2, 0) is 6.18 Å². The van der Waals surface area contributed by atoms with E-state index in [-0.39, 0.29) is 5.69 Å². The Kier molecular flexibility index (Phi) is 2.71. The molecule has 16 heavy (non-hydrogen) atoms. The molecule has 0 radical (unpaired) electrons. The van der Waals surface area contributed by atoms with E-state index in [1.54, 1.807) is 12.1 Å². The summed E-state index contributed by atoms with van der Waals surface area (Å²) in [5, 5.41) is 0. The number of pyridine rings is 1. The monoisotopic (exact) mass is 243 g/mol. The lowest BCUT2D eigenvalue weighted by Crippen LogP contribution is -2.07. The fraction of sp³-hybridized carbons (Fsp3) is 0.182. The standard InChI is InChI=1S/C11H8F3NS/c1-7-4-5-9(16-7)10-8(11(12,13)14)3-2-6-15-10/h2-6H,1H3. The number of hydrogen-bond acceptors (Lipinski definition) is 2. The third-order valence-corrected chi connectivity index (χ3v) is 3.09. The van der Waals surface area contributed by atoms with Crippen molar-refractivity contribution in [1.82, 2.24) is 4.98 Å². The number of nitrogens with zero attached hydrogens (tertiary/aromatic N) is 1. The van der Waals surface area contributed by atoms with Crippen molar-refractivity contribution in [2.75, 3.05) is 0 Å². The molecule has 0 unspecified atom stereocenters. The topological polar surface area (TPSA) is 12.9 Å². The average Bonchev–Trinajstić information content (AvgIpc) is 2.64. The van der Waals surface area contributed by atoms with Gasteiger partial charge in [-0.25, -0.2) is 0 Å². The van der Waals surface area contributed by atoms with E-state index in [0.29, 0.717) is 4.88 Å². The zero-order valence-corrected chi connectivity index (χ0v) is 9.19. The molecule has 2 aromatic heterocycles. The molecular formula is C11H8F3NS. The maximum absolute atomic E-state index is 12.7. The lowest BCUT2D eigenvalue weighted by molar-refractivity contribution is -0.137. The fourth-order valence-electron chi connectivity index (χ4n) is 1.39. The summed E-state index contributed by atoms with van der Waals surface area (Å²) in [6.07, 6.45) is -2.99. The molecule has 2 aromatic rings. The summed E-state index contributed by atoms with van der Waals surface area (Å²) >= 11 is 1.31. The van der Waals surface area contributed by atoms with Crippen LogP contribution in [0.1, 0.15) is 10.4 Å². The van der Waals surface area contributed by atoms with Crippen molar-refractivity contribution in [3.05, 3.63) is 40.9 Å². The molecule has 0 aliphatic carbocycles. The normalized spacial score (nSPS) is 11.8. The largest absolute Gasteiger partial charge is 0.418 e. The molecule has 1 nitrogen and oxygen atoms in total. The van der Waals surface area contributed by atoms with Crippen molar-refractivity contribution in [2.24, 2.45) is 0 Å². The van der Waals surface area contributed by atoms with E-state index >= 15 is 0 Å². The highest BCUT2D eigenvalue weighted by molar-refractivity contribution is 7.15. The highest BCUT2D eigenvalue weighted by Gasteiger charge is 2.34. The number of aryl methyl sites for hydroxylation is 1. The quantitative estimate of drug-likeness (QED) is 0.733. The smallest absolute Gasteiger partial charge is 0.255 e. The first-order valence-electron chi connectivity index (χ1n) is 4.57. The van der Waals surface area contributed by atoms with E-state index < -0.39 is 11.7 Å². The van der Waals surface area contributed by atoms with Crippen LogP contribution in [0.5, 0.6) is 0 Å². The zero-order valence-electron chi connectivity index (χ0n) is 8.38. The Labute approximate surface area is 94.6 Å². The van der Waals surface area contributed by atoms with Crippen LogP contribution in [0.25, 0.3) is 10.6 Å². The molecule has 0 aromatic carbocycles. The Balaban J connectivity index is 2.57. The van der Waals surface area contributed by atoms with Crippen molar-refractivity contribution < 1.29 is 13.2 Å². The van der Waals surface area contributed by atoms with Crippen LogP contribution in [0, 0.1) is 6.92 Å². The summed E-state index contributed by atoms with van der Waals surface area (Å²) in [4.78, 5) is 5.33. The first-order valence-corrected chi connectivity index (χ1v) is 5.39. The van der Waals surface area contributed by atoms with E-state index in [2.05, 4.69) is 4.98 Å². The molecule has 84 valence electrons. The molecule has 0 spiro atoms. The second-order valence-electron chi connectivity index (χ2n) is 3.31. The number of alkyl halides is 3. The van der Waals surface area contributed by atoms with Crippen LogP contribution in [0.2, 0.25) is 0 Å². The van der Waals surface area contributed by atoms with Crippen molar-refractivity contribution in [3.63, 3.8) is 0 Å². The first kappa shape index (κ1) is 11.1. The Hall–Kier alpha value is -1.36. The molecule has 0 N–H and O–H groups in total. The second kappa shape index (κ2) is 3.90. The van der Waals surface area contributed by atoms with Gasteiger partial charge in [0.15, 0.2) is 0 Å². The van der Waals surface area contributed by atoms with E-state index in [0.717, 1.165) is 10.9 Å². The van der Waals surface area contributed by atoms with Crippen LogP contribution in [0.4, 0.5) is 13.2 Å². The van der Waals surface area contributed by atoms with Gasteiger partial charge in [0.1, 0.15) is 0 Å². The number of aromatic nitrogens is 1. The Bertz CT molecular complexity index is 502. The third-order valence-electron chi connectivity index (χ3n) is 2.09. The second-order valence-corrected chi connectivity index (χ2v) is 4.60. The Morgan fingerprint density at radius 1 is 1.19 bits per heavy atom. The van der Waals surface area contributed by atoms with Crippen molar-refractivity contribution in [3.8, 4) is 10.6 Å². The van der Waals surface area contributed by atoms with Crippen LogP contribution in [0.3, 0.4) is 0 Å². The summed E-state index contributed by atoms with van der Waals surface area (Å²) in [5.41, 5.74) is -0.676. The molecule has 0 aliphatic rings. The third kappa shape index (κ3) is 2.09. The van der Waals surface area contributed by atoms with E-state index in [1.807, 2.05) is 6.92 Å². The molecule has 0 atom stereocenters. The molecule has 0 amide bonds. The molecule has 0 bridgehead atoms. The van der Waals surface area contributed by atoms with E-state index in [9.17, 15) is 13.2 Å². The number of hydrogen-bond donors (Lipinski definition) is 0. The van der Waals surface area contributed by atoms with Crippen molar-refractivity contribution in [2.45, 2.75) is 13.1 Å². The van der Waals surface area contributed by atoms with Gasteiger partial charge in [-0.05, 0) is 31.2 Å². The minimum Gasteiger partial charge on any atom is -0.255 e. The van der Waals surface area contributed by atoms with Gasteiger partial charge in [0.25, 0.3) is 0 Å². The number of rotatable bonds is 1. The van der Waals surface area contributed by atoms with Gasteiger partial charge in [0.2, 0.25) is 0 Å². The first-order chi connectivity index (χ1) is 7.48. The Morgan fingerprint density at radius 3 is 2.50 bits per heavy atom. The molecule has 0 fully saturated rings. The molecule has 0 saturated carbocycles. The highest BCUT2D eigenvalue weighted by atomic mass is 32.1. The molecule has 0 aliphatic heterocycles. The lowest BCUT2D eigenvalue weighted by atomic mass is 10.1. The molecule has 0 saturated heterocycles. The summed E-state index contributed by atoms with van der Waals surface area (Å²) in [5.74, 6) is 0. The van der Waals surface area contributed by atoms with Crippen molar-refractivity contribution >= 4 is 11.3 Å². The molecule has 2 rings (SSSR count). The predicted octanol–water partition coefficient (Wildman–Crippen LogP) is 4.14. The summed E-state index contributed by atoms with van der Waals surface area (Å²) in [6, 6.07) is 5.80. The number of thiophene rings is 1. The Morgan fingerprint density at radius 2 is 1.94 bits per heavy atom. The predicted molar refractivity (Wildman–Crippen MR) is 57.3 cm³/mol. The number of halogens is 3. The highest BCUT2D eigenvalue weighted by Crippen LogP contribution is 2.37. The van der Waals surface area contributed by atoms with Gasteiger partial charge in [-0.3, -0.25) is 4.98 Å². The SMILES string of the molecule is Cc1ccc(-c2ncccc2C(F)(F)F)s1. The summed E-state index contributed by atoms with van der Waals surface area (Å²) in [7, 11) is 0. The van der Waals surface area contributed by atoms with E-state index in [4.69, 9.17) is 0 Å². The molecular weight excluding hydrogens is 235 g/mol. The van der Waals surface area contributed by atoms with Crippen LogP contribution in [-0.4, -0.2) is 4.98 Å². The van der Waals surface area contributed by atoms with Crippen molar-refractivity contribution in [1.29, 1.82) is 0 Å². The summed E-state index contributed by atoms with van der Waals surface area (Å²) in [6.45, 7) is 1.85. The van der Waals surface area contributed by atoms with Gasteiger partial charge < -0.3 is 0 Å². The molecule has 2 heterocycles. The van der Waals surface area contributed by atoms with E-state index in [1.165, 1.54) is 23.6 Å². The zero-order chi connectivity index (χ0) is 11.8. The van der Waals surface area contributed by atoms with Gasteiger partial charge in [0, 0.05) is 11.1 Å². The minimum atomic E-state index is -4.36. The summed E-state index contributed by atoms with van der Waals surface area (Å²) < 4.78 is 38.1. The lowest BCUT2D eigenvalue weighted by Gasteiger charge is -2.09. The average molecular weight is 243 g/mol. The van der Waals surface area contributed by atoms with Gasteiger partial charge in [0.05, 0.1) is 16.1 Å². The van der Waals surface area contributed by atoms with Gasteiger partial charge in [-0.2, -0.15) is 13.2 Å². The minimum absolute atomic E-state index is 0.00750. The van der Waals surface area contributed by atoms with Crippen LogP contribution in [0.15, 0.2) is 30.5 Å². The van der Waals surface area contributed by atoms with Gasteiger partial charge >= 0.3 is 6.18 Å². The maximum atomic E-state index is 12.7. The van der Waals surface area contributed by atoms with Crippen LogP contribution < -0.4 is 0 Å². The maximum Gasteiger partial charge on any atom is 0.418 e. The van der Waals surface area contributed by atoms with Crippen LogP contribution >= 0.6 is 11.3 Å². The van der Waals surface area contributed by atoms with Gasteiger partial charge in [-0.1, -0.05) is 0 Å². The fourth-order valence-corrected chi connectivity index (χ4v) is 2.27. The van der Waals surface area contributed by atoms with Gasteiger partial charge in [-0.15, -0.1) is 11.3 Å².